The van der Waals surface area contributed by atoms with Crippen LogP contribution in [0.2, 0.25) is 0 Å². The van der Waals surface area contributed by atoms with Gasteiger partial charge >= 0.3 is 6.18 Å². The molecule has 3 nitrogen and oxygen atoms in total. The SMILES string of the molecule is CC(N)C(N(C)Cc1ccccn1)C(F)(F)F. The van der Waals surface area contributed by atoms with E-state index in [4.69, 9.17) is 5.73 Å². The second kappa shape index (κ2) is 5.46. The van der Waals surface area contributed by atoms with E-state index in [1.807, 2.05) is 0 Å². The summed E-state index contributed by atoms with van der Waals surface area (Å²) in [5.41, 5.74) is 5.98. The topological polar surface area (TPSA) is 42.1 Å². The van der Waals surface area contributed by atoms with E-state index in [1.165, 1.54) is 18.9 Å². The largest absolute Gasteiger partial charge is 0.405 e. The molecule has 1 aromatic rings. The van der Waals surface area contributed by atoms with Crippen LogP contribution in [-0.2, 0) is 6.54 Å². The molecule has 0 saturated heterocycles. The van der Waals surface area contributed by atoms with Crippen LogP contribution in [0.25, 0.3) is 0 Å². The molecule has 0 aliphatic rings. The predicted octanol–water partition coefficient (Wildman–Crippen LogP) is 1.79. The van der Waals surface area contributed by atoms with Gasteiger partial charge in [-0.2, -0.15) is 13.2 Å². The first-order valence-electron chi connectivity index (χ1n) is 5.25. The van der Waals surface area contributed by atoms with E-state index in [1.54, 1.807) is 24.4 Å². The summed E-state index contributed by atoms with van der Waals surface area (Å²) < 4.78 is 38.3. The van der Waals surface area contributed by atoms with Gasteiger partial charge in [0.2, 0.25) is 0 Å². The molecule has 0 spiro atoms. The Morgan fingerprint density at radius 3 is 2.47 bits per heavy atom. The number of halogens is 3. The summed E-state index contributed by atoms with van der Waals surface area (Å²) in [5.74, 6) is 0. The lowest BCUT2D eigenvalue weighted by Crippen LogP contribution is -2.53. The zero-order valence-electron chi connectivity index (χ0n) is 9.78. The maximum Gasteiger partial charge on any atom is 0.405 e. The molecule has 17 heavy (non-hydrogen) atoms. The number of hydrogen-bond acceptors (Lipinski definition) is 3. The second-order valence-corrected chi connectivity index (χ2v) is 4.08. The molecule has 0 bridgehead atoms. The third-order valence-corrected chi connectivity index (χ3v) is 2.45. The van der Waals surface area contributed by atoms with Crippen LogP contribution in [-0.4, -0.2) is 35.2 Å². The molecule has 2 atom stereocenters. The zero-order valence-corrected chi connectivity index (χ0v) is 9.78. The molecule has 1 aromatic heterocycles. The molecular formula is C11H16F3N3. The summed E-state index contributed by atoms with van der Waals surface area (Å²) in [5, 5.41) is 0. The summed E-state index contributed by atoms with van der Waals surface area (Å²) in [6.07, 6.45) is -2.78. The van der Waals surface area contributed by atoms with Crippen LogP contribution in [0, 0.1) is 0 Å². The average Bonchev–Trinajstić information content (AvgIpc) is 2.15. The Balaban J connectivity index is 2.77. The van der Waals surface area contributed by atoms with Gasteiger partial charge in [-0.3, -0.25) is 9.88 Å². The highest BCUT2D eigenvalue weighted by Crippen LogP contribution is 2.26. The highest BCUT2D eigenvalue weighted by Gasteiger charge is 2.44. The van der Waals surface area contributed by atoms with Gasteiger partial charge in [-0.05, 0) is 26.1 Å². The molecule has 6 heteroatoms. The molecule has 0 aliphatic carbocycles. The quantitative estimate of drug-likeness (QED) is 0.882. The van der Waals surface area contributed by atoms with E-state index in [-0.39, 0.29) is 6.54 Å². The minimum absolute atomic E-state index is 0.118. The summed E-state index contributed by atoms with van der Waals surface area (Å²) >= 11 is 0. The molecule has 96 valence electrons. The molecule has 0 aromatic carbocycles. The van der Waals surface area contributed by atoms with E-state index in [9.17, 15) is 13.2 Å². The number of alkyl halides is 3. The van der Waals surface area contributed by atoms with Crippen LogP contribution in [0.5, 0.6) is 0 Å². The van der Waals surface area contributed by atoms with Crippen molar-refractivity contribution in [3.63, 3.8) is 0 Å². The number of aromatic nitrogens is 1. The molecular weight excluding hydrogens is 231 g/mol. The molecule has 0 amide bonds. The molecule has 1 heterocycles. The summed E-state index contributed by atoms with van der Waals surface area (Å²) in [7, 11) is 1.40. The lowest BCUT2D eigenvalue weighted by molar-refractivity contribution is -0.186. The Bertz CT molecular complexity index is 338. The van der Waals surface area contributed by atoms with Crippen LogP contribution in [0.1, 0.15) is 12.6 Å². The van der Waals surface area contributed by atoms with Crippen molar-refractivity contribution in [3.05, 3.63) is 30.1 Å². The smallest absolute Gasteiger partial charge is 0.326 e. The van der Waals surface area contributed by atoms with Crippen molar-refractivity contribution < 1.29 is 13.2 Å². The van der Waals surface area contributed by atoms with Gasteiger partial charge in [0.05, 0.1) is 5.69 Å². The van der Waals surface area contributed by atoms with Crippen LogP contribution < -0.4 is 5.73 Å². The minimum atomic E-state index is -4.34. The monoisotopic (exact) mass is 247 g/mol. The maximum absolute atomic E-state index is 12.8. The van der Waals surface area contributed by atoms with Crippen molar-refractivity contribution in [2.45, 2.75) is 31.7 Å². The van der Waals surface area contributed by atoms with Crippen LogP contribution in [0.4, 0.5) is 13.2 Å². The van der Waals surface area contributed by atoms with Crippen molar-refractivity contribution in [2.75, 3.05) is 7.05 Å². The zero-order chi connectivity index (χ0) is 13.1. The van der Waals surface area contributed by atoms with Crippen molar-refractivity contribution >= 4 is 0 Å². The van der Waals surface area contributed by atoms with Gasteiger partial charge in [0.15, 0.2) is 0 Å². The highest BCUT2D eigenvalue weighted by molar-refractivity contribution is 5.04. The van der Waals surface area contributed by atoms with E-state index in [0.717, 1.165) is 0 Å². The fourth-order valence-electron chi connectivity index (χ4n) is 1.79. The Labute approximate surface area is 98.4 Å². The first-order valence-corrected chi connectivity index (χ1v) is 5.25. The second-order valence-electron chi connectivity index (χ2n) is 4.08. The number of likely N-dealkylation sites (N-methyl/N-ethyl adjacent to an activating group) is 1. The average molecular weight is 247 g/mol. The molecule has 0 aliphatic heterocycles. The van der Waals surface area contributed by atoms with E-state index in [0.29, 0.717) is 5.69 Å². The molecule has 0 saturated carbocycles. The molecule has 2 N–H and O–H groups in total. The first-order chi connectivity index (χ1) is 7.82. The van der Waals surface area contributed by atoms with Crippen molar-refractivity contribution in [1.82, 2.24) is 9.88 Å². The Kier molecular flexibility index (Phi) is 4.47. The van der Waals surface area contributed by atoms with E-state index < -0.39 is 18.3 Å². The Morgan fingerprint density at radius 1 is 1.41 bits per heavy atom. The van der Waals surface area contributed by atoms with Crippen LogP contribution in [0.15, 0.2) is 24.4 Å². The fraction of sp³-hybridized carbons (Fsp3) is 0.545. The number of nitrogens with two attached hydrogens (primary N) is 1. The third-order valence-electron chi connectivity index (χ3n) is 2.45. The van der Waals surface area contributed by atoms with Gasteiger partial charge in [0.1, 0.15) is 6.04 Å². The van der Waals surface area contributed by atoms with Crippen LogP contribution in [0.3, 0.4) is 0 Å². The van der Waals surface area contributed by atoms with Gasteiger partial charge in [-0.1, -0.05) is 6.07 Å². The standard InChI is InChI=1S/C11H16F3N3/c1-8(15)10(11(12,13)14)17(2)7-9-5-3-4-6-16-9/h3-6,8,10H,7,15H2,1-2H3. The lowest BCUT2D eigenvalue weighted by atomic mass is 10.1. The normalized spacial score (nSPS) is 15.9. The molecule has 0 fully saturated rings. The Morgan fingerprint density at radius 2 is 2.06 bits per heavy atom. The van der Waals surface area contributed by atoms with Gasteiger partial charge < -0.3 is 5.73 Å². The van der Waals surface area contributed by atoms with Crippen LogP contribution >= 0.6 is 0 Å². The van der Waals surface area contributed by atoms with Gasteiger partial charge in [0, 0.05) is 18.8 Å². The first kappa shape index (κ1) is 13.9. The fourth-order valence-corrected chi connectivity index (χ4v) is 1.79. The number of pyridine rings is 1. The minimum Gasteiger partial charge on any atom is -0.326 e. The Hall–Kier alpha value is -1.14. The number of hydrogen-bond donors (Lipinski definition) is 1. The predicted molar refractivity (Wildman–Crippen MR) is 59.2 cm³/mol. The van der Waals surface area contributed by atoms with Gasteiger partial charge in [0.25, 0.3) is 0 Å². The number of rotatable bonds is 4. The van der Waals surface area contributed by atoms with E-state index >= 15 is 0 Å². The van der Waals surface area contributed by atoms with Crippen molar-refractivity contribution in [2.24, 2.45) is 5.73 Å². The molecule has 1 rings (SSSR count). The summed E-state index contributed by atoms with van der Waals surface area (Å²) in [6.45, 7) is 1.47. The van der Waals surface area contributed by atoms with Gasteiger partial charge in [-0.15, -0.1) is 0 Å². The third kappa shape index (κ3) is 3.98. The highest BCUT2D eigenvalue weighted by atomic mass is 19.4. The summed E-state index contributed by atoms with van der Waals surface area (Å²) in [6, 6.07) is 2.50. The maximum atomic E-state index is 12.8. The number of nitrogens with zero attached hydrogens (tertiary/aromatic N) is 2. The van der Waals surface area contributed by atoms with Crippen molar-refractivity contribution in [1.29, 1.82) is 0 Å². The molecule has 2 unspecified atom stereocenters. The van der Waals surface area contributed by atoms with Crippen molar-refractivity contribution in [3.8, 4) is 0 Å². The van der Waals surface area contributed by atoms with E-state index in [2.05, 4.69) is 4.98 Å². The summed E-state index contributed by atoms with van der Waals surface area (Å²) in [4.78, 5) is 5.17. The van der Waals surface area contributed by atoms with Gasteiger partial charge in [-0.25, -0.2) is 0 Å². The molecule has 0 radical (unpaired) electrons. The lowest BCUT2D eigenvalue weighted by Gasteiger charge is -2.32.